The number of hydrogen-bond donors (Lipinski definition) is 3. The van der Waals surface area contributed by atoms with Crippen LogP contribution in [-0.4, -0.2) is 28.2 Å². The number of fused-ring (bicyclic) bond motifs is 1. The van der Waals surface area contributed by atoms with Gasteiger partial charge in [-0.05, 0) is 37.0 Å². The molecule has 3 N–H and O–H groups in total. The molecule has 2 aromatic carbocycles. The van der Waals surface area contributed by atoms with Gasteiger partial charge in [0.2, 0.25) is 0 Å². The first kappa shape index (κ1) is 18.3. The monoisotopic (exact) mass is 356 g/mol. The molecule has 5 nitrogen and oxygen atoms in total. The summed E-state index contributed by atoms with van der Waals surface area (Å²) >= 11 is 0. The van der Waals surface area contributed by atoms with E-state index >= 15 is 0 Å². The topological polar surface area (TPSA) is 87.0 Å². The second-order valence-corrected chi connectivity index (χ2v) is 6.68. The second kappa shape index (κ2) is 7.38. The van der Waals surface area contributed by atoms with Gasteiger partial charge in [-0.15, -0.1) is 0 Å². The van der Waals surface area contributed by atoms with Crippen LogP contribution in [0.1, 0.15) is 71.7 Å². The SMILES string of the molecule is CCCC(=O)c1c(O)ccc(C2CCC(O)c3cccc(OC)c32)c1O. The van der Waals surface area contributed by atoms with E-state index in [1.54, 1.807) is 13.2 Å². The lowest BCUT2D eigenvalue weighted by atomic mass is 9.76. The highest BCUT2D eigenvalue weighted by atomic mass is 16.5. The Morgan fingerprint density at radius 1 is 1.15 bits per heavy atom. The lowest BCUT2D eigenvalue weighted by Gasteiger charge is -2.31. The van der Waals surface area contributed by atoms with Crippen LogP contribution in [0.5, 0.6) is 17.2 Å². The van der Waals surface area contributed by atoms with Gasteiger partial charge in [-0.25, -0.2) is 0 Å². The van der Waals surface area contributed by atoms with Crippen LogP contribution in [-0.2, 0) is 0 Å². The molecule has 3 rings (SSSR count). The Balaban J connectivity index is 2.16. The number of Topliss-reactive ketones (excluding diaryl/α,β-unsaturated/α-hetero) is 1. The van der Waals surface area contributed by atoms with Crippen molar-refractivity contribution in [3.8, 4) is 17.2 Å². The summed E-state index contributed by atoms with van der Waals surface area (Å²) in [6.45, 7) is 1.87. The molecule has 0 spiro atoms. The van der Waals surface area contributed by atoms with E-state index in [-0.39, 0.29) is 35.2 Å². The summed E-state index contributed by atoms with van der Waals surface area (Å²) in [6, 6.07) is 8.61. The van der Waals surface area contributed by atoms with Crippen molar-refractivity contribution in [1.82, 2.24) is 0 Å². The number of aliphatic hydroxyl groups is 1. The molecule has 0 saturated carbocycles. The van der Waals surface area contributed by atoms with Crippen LogP contribution in [0.25, 0.3) is 0 Å². The standard InChI is InChI=1S/C21H24O5/c1-3-5-16(23)20-17(24)11-9-13(21(20)25)12-8-10-15(22)14-6-4-7-18(26-2)19(12)14/h4,6-7,9,11-12,15,22,24-25H,3,5,8,10H2,1-2H3. The minimum absolute atomic E-state index is 0.0214. The summed E-state index contributed by atoms with van der Waals surface area (Å²) in [5.74, 6) is -0.249. The van der Waals surface area contributed by atoms with Crippen molar-refractivity contribution in [3.05, 3.63) is 52.6 Å². The van der Waals surface area contributed by atoms with Crippen LogP contribution < -0.4 is 4.74 Å². The molecule has 2 aromatic rings. The third-order valence-electron chi connectivity index (χ3n) is 5.07. The van der Waals surface area contributed by atoms with Crippen molar-refractivity contribution in [1.29, 1.82) is 0 Å². The van der Waals surface area contributed by atoms with Crippen molar-refractivity contribution in [2.75, 3.05) is 7.11 Å². The average Bonchev–Trinajstić information content (AvgIpc) is 2.63. The number of benzene rings is 2. The van der Waals surface area contributed by atoms with Crippen LogP contribution in [0.15, 0.2) is 30.3 Å². The van der Waals surface area contributed by atoms with E-state index in [1.807, 2.05) is 25.1 Å². The third kappa shape index (κ3) is 3.03. The first-order valence-electron chi connectivity index (χ1n) is 8.92. The Bertz CT molecular complexity index is 827. The highest BCUT2D eigenvalue weighted by molar-refractivity contribution is 6.01. The van der Waals surface area contributed by atoms with E-state index in [0.29, 0.717) is 30.6 Å². The van der Waals surface area contributed by atoms with Crippen LogP contribution in [0.2, 0.25) is 0 Å². The molecular weight excluding hydrogens is 332 g/mol. The summed E-state index contributed by atoms with van der Waals surface area (Å²) in [7, 11) is 1.57. The highest BCUT2D eigenvalue weighted by Gasteiger charge is 2.33. The Labute approximate surface area is 152 Å². The number of hydrogen-bond acceptors (Lipinski definition) is 5. The van der Waals surface area contributed by atoms with Crippen LogP contribution in [0.3, 0.4) is 0 Å². The molecule has 0 bridgehead atoms. The number of carbonyl (C=O) groups is 1. The van der Waals surface area contributed by atoms with Crippen LogP contribution >= 0.6 is 0 Å². The summed E-state index contributed by atoms with van der Waals surface area (Å²) < 4.78 is 5.48. The van der Waals surface area contributed by atoms with E-state index in [2.05, 4.69) is 0 Å². The number of aliphatic hydroxyl groups excluding tert-OH is 1. The molecule has 1 aliphatic carbocycles. The molecule has 2 atom stereocenters. The molecule has 0 aromatic heterocycles. The Kier molecular flexibility index (Phi) is 5.18. The minimum atomic E-state index is -0.586. The number of rotatable bonds is 5. The van der Waals surface area contributed by atoms with Gasteiger partial charge in [-0.3, -0.25) is 4.79 Å². The molecule has 2 unspecified atom stereocenters. The molecule has 138 valence electrons. The maximum absolute atomic E-state index is 12.4. The fraction of sp³-hybridized carbons (Fsp3) is 0.381. The lowest BCUT2D eigenvalue weighted by molar-refractivity contribution is 0.0976. The second-order valence-electron chi connectivity index (χ2n) is 6.68. The number of phenolic OH excluding ortho intramolecular Hbond substituents is 2. The molecule has 0 saturated heterocycles. The first-order valence-corrected chi connectivity index (χ1v) is 8.92. The maximum Gasteiger partial charge on any atom is 0.170 e. The maximum atomic E-state index is 12.4. The molecule has 26 heavy (non-hydrogen) atoms. The summed E-state index contributed by atoms with van der Waals surface area (Å²) in [5, 5.41) is 31.3. The zero-order valence-corrected chi connectivity index (χ0v) is 15.0. The molecule has 5 heteroatoms. The number of carbonyl (C=O) groups excluding carboxylic acids is 1. The average molecular weight is 356 g/mol. The van der Waals surface area contributed by atoms with Crippen molar-refractivity contribution < 1.29 is 24.9 Å². The largest absolute Gasteiger partial charge is 0.507 e. The van der Waals surface area contributed by atoms with Gasteiger partial charge in [0, 0.05) is 23.5 Å². The van der Waals surface area contributed by atoms with Crippen molar-refractivity contribution in [2.24, 2.45) is 0 Å². The van der Waals surface area contributed by atoms with E-state index < -0.39 is 6.10 Å². The first-order chi connectivity index (χ1) is 12.5. The fourth-order valence-corrected chi connectivity index (χ4v) is 3.84. The zero-order chi connectivity index (χ0) is 18.8. The van der Waals surface area contributed by atoms with E-state index in [4.69, 9.17) is 4.74 Å². The summed E-state index contributed by atoms with van der Waals surface area (Å²) in [4.78, 5) is 12.4. The quantitative estimate of drug-likeness (QED) is 0.704. The third-order valence-corrected chi connectivity index (χ3v) is 5.07. The molecule has 0 amide bonds. The Morgan fingerprint density at radius 3 is 2.62 bits per heavy atom. The highest BCUT2D eigenvalue weighted by Crippen LogP contribution is 2.49. The normalized spacial score (nSPS) is 19.0. The molecule has 0 fully saturated rings. The molecule has 0 heterocycles. The van der Waals surface area contributed by atoms with Gasteiger partial charge in [0.05, 0.1) is 13.2 Å². The van der Waals surface area contributed by atoms with Crippen molar-refractivity contribution in [2.45, 2.75) is 44.6 Å². The molecular formula is C21H24O5. The predicted octanol–water partition coefficient (Wildman–Crippen LogP) is 4.05. The van der Waals surface area contributed by atoms with Crippen molar-refractivity contribution >= 4 is 5.78 Å². The van der Waals surface area contributed by atoms with Gasteiger partial charge >= 0.3 is 0 Å². The summed E-state index contributed by atoms with van der Waals surface area (Å²) in [6.07, 6.45) is 1.46. The van der Waals surface area contributed by atoms with E-state index in [1.165, 1.54) is 6.07 Å². The summed E-state index contributed by atoms with van der Waals surface area (Å²) in [5.41, 5.74) is 2.14. The Morgan fingerprint density at radius 2 is 1.92 bits per heavy atom. The minimum Gasteiger partial charge on any atom is -0.507 e. The van der Waals surface area contributed by atoms with Gasteiger partial charge in [-0.1, -0.05) is 25.1 Å². The van der Waals surface area contributed by atoms with Crippen LogP contribution in [0, 0.1) is 0 Å². The smallest absolute Gasteiger partial charge is 0.170 e. The molecule has 0 radical (unpaired) electrons. The van der Waals surface area contributed by atoms with Gasteiger partial charge in [0.1, 0.15) is 22.8 Å². The van der Waals surface area contributed by atoms with Gasteiger partial charge in [-0.2, -0.15) is 0 Å². The number of methoxy groups -OCH3 is 1. The van der Waals surface area contributed by atoms with Crippen molar-refractivity contribution in [3.63, 3.8) is 0 Å². The zero-order valence-electron chi connectivity index (χ0n) is 15.0. The van der Waals surface area contributed by atoms with E-state index in [9.17, 15) is 20.1 Å². The number of phenols is 2. The van der Waals surface area contributed by atoms with Gasteiger partial charge in [0.25, 0.3) is 0 Å². The fourth-order valence-electron chi connectivity index (χ4n) is 3.84. The number of ketones is 1. The number of ether oxygens (including phenoxy) is 1. The molecule has 0 aliphatic heterocycles. The Hall–Kier alpha value is -2.53. The molecule has 1 aliphatic rings. The van der Waals surface area contributed by atoms with Gasteiger partial charge < -0.3 is 20.1 Å². The van der Waals surface area contributed by atoms with Crippen LogP contribution in [0.4, 0.5) is 0 Å². The number of aromatic hydroxyl groups is 2. The van der Waals surface area contributed by atoms with E-state index in [0.717, 1.165) is 11.1 Å². The predicted molar refractivity (Wildman–Crippen MR) is 98.0 cm³/mol. The lowest BCUT2D eigenvalue weighted by Crippen LogP contribution is -2.17. The van der Waals surface area contributed by atoms with Gasteiger partial charge in [0.15, 0.2) is 5.78 Å².